The number of halogens is 2. The summed E-state index contributed by atoms with van der Waals surface area (Å²) < 4.78 is 14.7. The largest absolute Gasteiger partial charge is 0.329 e. The summed E-state index contributed by atoms with van der Waals surface area (Å²) in [6.45, 7) is 1.01. The van der Waals surface area contributed by atoms with Gasteiger partial charge in [-0.25, -0.2) is 4.39 Å². The molecule has 0 heterocycles. The normalized spacial score (nSPS) is 12.4. The van der Waals surface area contributed by atoms with E-state index in [1.807, 2.05) is 30.3 Å². The monoisotopic (exact) mass is 322 g/mol. The van der Waals surface area contributed by atoms with E-state index < -0.39 is 0 Å². The van der Waals surface area contributed by atoms with Crippen molar-refractivity contribution >= 4 is 15.9 Å². The average molecular weight is 323 g/mol. The van der Waals surface area contributed by atoms with Crippen LogP contribution < -0.4 is 11.1 Å². The number of benzene rings is 2. The Hall–Kier alpha value is -1.23. The summed E-state index contributed by atoms with van der Waals surface area (Å²) in [5.41, 5.74) is 7.48. The highest BCUT2D eigenvalue weighted by Crippen LogP contribution is 2.21. The Kier molecular flexibility index (Phi) is 5.07. The van der Waals surface area contributed by atoms with Gasteiger partial charge in [-0.15, -0.1) is 0 Å². The van der Waals surface area contributed by atoms with Crippen molar-refractivity contribution in [1.82, 2.24) is 5.32 Å². The molecule has 0 amide bonds. The lowest BCUT2D eigenvalue weighted by molar-refractivity contribution is 0.505. The summed E-state index contributed by atoms with van der Waals surface area (Å²) in [5.74, 6) is -0.237. The molecule has 2 aromatic rings. The summed E-state index contributed by atoms with van der Waals surface area (Å²) in [6.07, 6.45) is 0. The summed E-state index contributed by atoms with van der Waals surface area (Å²) in [6, 6.07) is 14.7. The Balaban J connectivity index is 2.10. The van der Waals surface area contributed by atoms with Gasteiger partial charge >= 0.3 is 0 Å². The van der Waals surface area contributed by atoms with Gasteiger partial charge in [0.25, 0.3) is 0 Å². The third-order valence-corrected chi connectivity index (χ3v) is 3.46. The lowest BCUT2D eigenvalue weighted by atomic mass is 10.1. The van der Waals surface area contributed by atoms with Crippen molar-refractivity contribution in [3.8, 4) is 0 Å². The van der Waals surface area contributed by atoms with Gasteiger partial charge in [0.1, 0.15) is 5.82 Å². The zero-order valence-corrected chi connectivity index (χ0v) is 12.0. The molecule has 3 N–H and O–H groups in total. The zero-order chi connectivity index (χ0) is 13.7. The molecule has 1 atom stereocenters. The van der Waals surface area contributed by atoms with Crippen LogP contribution in [0.4, 0.5) is 4.39 Å². The highest BCUT2D eigenvalue weighted by Gasteiger charge is 2.14. The van der Waals surface area contributed by atoms with E-state index in [0.29, 0.717) is 18.7 Å². The Morgan fingerprint density at radius 2 is 1.89 bits per heavy atom. The molecule has 19 heavy (non-hydrogen) atoms. The molecule has 0 aliphatic heterocycles. The number of nitrogens with one attached hydrogen (secondary N) is 1. The SMILES string of the molecule is NCC(NCc1ccccc1)c1cc(Br)ccc1F. The predicted octanol–water partition coefficient (Wildman–Crippen LogP) is 3.38. The molecular formula is C15H16BrFN2. The van der Waals surface area contributed by atoms with Crippen molar-refractivity contribution < 1.29 is 4.39 Å². The van der Waals surface area contributed by atoms with Crippen LogP contribution in [0.2, 0.25) is 0 Å². The number of hydrogen-bond acceptors (Lipinski definition) is 2. The fraction of sp³-hybridized carbons (Fsp3) is 0.200. The molecule has 0 spiro atoms. The van der Waals surface area contributed by atoms with Gasteiger partial charge in [0.2, 0.25) is 0 Å². The lowest BCUT2D eigenvalue weighted by Gasteiger charge is -2.18. The first-order chi connectivity index (χ1) is 9.20. The zero-order valence-electron chi connectivity index (χ0n) is 10.4. The Bertz CT molecular complexity index is 531. The highest BCUT2D eigenvalue weighted by molar-refractivity contribution is 9.10. The minimum absolute atomic E-state index is 0.197. The van der Waals surface area contributed by atoms with Gasteiger partial charge < -0.3 is 11.1 Å². The predicted molar refractivity (Wildman–Crippen MR) is 79.2 cm³/mol. The summed E-state index contributed by atoms with van der Waals surface area (Å²) in [4.78, 5) is 0. The second-order valence-corrected chi connectivity index (χ2v) is 5.24. The molecule has 1 unspecified atom stereocenters. The van der Waals surface area contributed by atoms with Crippen LogP contribution in [0.1, 0.15) is 17.2 Å². The smallest absolute Gasteiger partial charge is 0.128 e. The molecule has 0 bridgehead atoms. The van der Waals surface area contributed by atoms with E-state index in [1.165, 1.54) is 6.07 Å². The first kappa shape index (κ1) is 14.2. The molecule has 2 rings (SSSR count). The van der Waals surface area contributed by atoms with Crippen LogP contribution in [-0.2, 0) is 6.54 Å². The van der Waals surface area contributed by atoms with E-state index in [1.54, 1.807) is 12.1 Å². The van der Waals surface area contributed by atoms with Crippen molar-refractivity contribution in [3.05, 3.63) is 69.9 Å². The van der Waals surface area contributed by atoms with E-state index >= 15 is 0 Å². The van der Waals surface area contributed by atoms with Crippen LogP contribution in [0.3, 0.4) is 0 Å². The quantitative estimate of drug-likeness (QED) is 0.885. The molecule has 2 aromatic carbocycles. The van der Waals surface area contributed by atoms with Crippen molar-refractivity contribution in [3.63, 3.8) is 0 Å². The van der Waals surface area contributed by atoms with Gasteiger partial charge in [-0.3, -0.25) is 0 Å². The molecule has 0 aromatic heterocycles. The molecule has 4 heteroatoms. The summed E-state index contributed by atoms with van der Waals surface area (Å²) in [5, 5.41) is 3.28. The highest BCUT2D eigenvalue weighted by atomic mass is 79.9. The Morgan fingerprint density at radius 1 is 1.16 bits per heavy atom. The third kappa shape index (κ3) is 3.86. The Morgan fingerprint density at radius 3 is 2.58 bits per heavy atom. The standard InChI is InChI=1S/C15H16BrFN2/c16-12-6-7-14(17)13(8-12)15(9-18)19-10-11-4-2-1-3-5-11/h1-8,15,19H,9-10,18H2. The first-order valence-electron chi connectivity index (χ1n) is 6.13. The lowest BCUT2D eigenvalue weighted by Crippen LogP contribution is -2.28. The van der Waals surface area contributed by atoms with Gasteiger partial charge in [-0.05, 0) is 23.8 Å². The maximum atomic E-state index is 13.8. The van der Waals surface area contributed by atoms with Crippen LogP contribution in [0.5, 0.6) is 0 Å². The molecular weight excluding hydrogens is 307 g/mol. The van der Waals surface area contributed by atoms with Gasteiger partial charge in [-0.2, -0.15) is 0 Å². The van der Waals surface area contributed by atoms with Crippen molar-refractivity contribution in [1.29, 1.82) is 0 Å². The molecule has 100 valence electrons. The van der Waals surface area contributed by atoms with Crippen LogP contribution in [0.25, 0.3) is 0 Å². The second kappa shape index (κ2) is 6.80. The third-order valence-electron chi connectivity index (χ3n) is 2.96. The molecule has 0 saturated carbocycles. The first-order valence-corrected chi connectivity index (χ1v) is 6.92. The molecule has 2 nitrogen and oxygen atoms in total. The van der Waals surface area contributed by atoms with E-state index in [9.17, 15) is 4.39 Å². The topological polar surface area (TPSA) is 38.0 Å². The fourth-order valence-electron chi connectivity index (χ4n) is 1.94. The van der Waals surface area contributed by atoms with Crippen LogP contribution in [0, 0.1) is 5.82 Å². The molecule has 0 fully saturated rings. The van der Waals surface area contributed by atoms with Crippen LogP contribution >= 0.6 is 15.9 Å². The maximum absolute atomic E-state index is 13.8. The average Bonchev–Trinajstić information content (AvgIpc) is 2.44. The number of hydrogen-bond donors (Lipinski definition) is 2. The summed E-state index contributed by atoms with van der Waals surface area (Å²) in [7, 11) is 0. The van der Waals surface area contributed by atoms with Gasteiger partial charge in [-0.1, -0.05) is 46.3 Å². The van der Waals surface area contributed by atoms with Gasteiger partial charge in [0.15, 0.2) is 0 Å². The Labute approximate surface area is 121 Å². The van der Waals surface area contributed by atoms with E-state index in [4.69, 9.17) is 5.73 Å². The number of rotatable bonds is 5. The van der Waals surface area contributed by atoms with Crippen molar-refractivity contribution in [2.75, 3.05) is 6.54 Å². The van der Waals surface area contributed by atoms with Crippen molar-refractivity contribution in [2.45, 2.75) is 12.6 Å². The van der Waals surface area contributed by atoms with E-state index in [-0.39, 0.29) is 11.9 Å². The van der Waals surface area contributed by atoms with Crippen LogP contribution in [-0.4, -0.2) is 6.54 Å². The van der Waals surface area contributed by atoms with E-state index in [0.717, 1.165) is 10.0 Å². The fourth-order valence-corrected chi connectivity index (χ4v) is 2.32. The van der Waals surface area contributed by atoms with Crippen LogP contribution in [0.15, 0.2) is 53.0 Å². The summed E-state index contributed by atoms with van der Waals surface area (Å²) >= 11 is 3.35. The van der Waals surface area contributed by atoms with E-state index in [2.05, 4.69) is 21.2 Å². The molecule has 0 radical (unpaired) electrons. The van der Waals surface area contributed by atoms with Crippen molar-refractivity contribution in [2.24, 2.45) is 5.73 Å². The van der Waals surface area contributed by atoms with Gasteiger partial charge in [0.05, 0.1) is 0 Å². The maximum Gasteiger partial charge on any atom is 0.128 e. The molecule has 0 aliphatic rings. The number of nitrogens with two attached hydrogens (primary N) is 1. The minimum Gasteiger partial charge on any atom is -0.329 e. The second-order valence-electron chi connectivity index (χ2n) is 4.32. The molecule has 0 saturated heterocycles. The molecule has 0 aliphatic carbocycles. The van der Waals surface area contributed by atoms with Gasteiger partial charge in [0, 0.05) is 29.2 Å². The minimum atomic E-state index is -0.237.